The van der Waals surface area contributed by atoms with Gasteiger partial charge in [0.1, 0.15) is 0 Å². The molecule has 0 fully saturated rings. The van der Waals surface area contributed by atoms with E-state index in [4.69, 9.17) is 4.79 Å². The third-order valence-corrected chi connectivity index (χ3v) is 1.56. The van der Waals surface area contributed by atoms with E-state index in [1.165, 1.54) is 0 Å². The number of carbonyl (C=O) groups is 2. The van der Waals surface area contributed by atoms with Gasteiger partial charge in [0.2, 0.25) is 0 Å². The number of amides is 2. The van der Waals surface area contributed by atoms with Gasteiger partial charge < -0.3 is 0 Å². The Morgan fingerprint density at radius 2 is 1.46 bits per heavy atom. The second-order valence-electron chi connectivity index (χ2n) is 1.76. The van der Waals surface area contributed by atoms with E-state index in [1.807, 2.05) is 29.9 Å². The van der Waals surface area contributed by atoms with Crippen molar-refractivity contribution in [1.82, 2.24) is 4.90 Å². The molecule has 0 aromatic heterocycles. The average Bonchev–Trinajstić information content (AvgIpc) is 1.87. The topological polar surface area (TPSA) is 63.4 Å². The van der Waals surface area contributed by atoms with Gasteiger partial charge in [-0.15, -0.1) is 0 Å². The van der Waals surface area contributed by atoms with Gasteiger partial charge >= 0.3 is 108 Å². The summed E-state index contributed by atoms with van der Waals surface area (Å²) in [7, 11) is 0. The third-order valence-electron chi connectivity index (χ3n) is 1.02. The van der Waals surface area contributed by atoms with Crippen molar-refractivity contribution >= 4 is 41.6 Å². The molecule has 0 aromatic carbocycles. The molecule has 0 saturated heterocycles. The summed E-state index contributed by atoms with van der Waals surface area (Å²) in [6.07, 6.45) is 0. The van der Waals surface area contributed by atoms with Gasteiger partial charge in [-0.2, -0.15) is 0 Å². The molecule has 0 rings (SSSR count). The van der Waals surface area contributed by atoms with E-state index >= 15 is 0 Å². The number of nitrogens with zero attached hydrogens (tertiary/aromatic N) is 1. The summed E-state index contributed by atoms with van der Waals surface area (Å²) in [5, 5.41) is 0. The molecule has 0 unspecified atom stereocenters. The summed E-state index contributed by atoms with van der Waals surface area (Å²) in [6.45, 7) is 5.50. The normalized spacial score (nSPS) is 7.23. The van der Waals surface area contributed by atoms with Crippen LogP contribution >= 0.6 is 0 Å². The summed E-state index contributed by atoms with van der Waals surface area (Å²) in [4.78, 5) is 20.9. The molecule has 0 spiro atoms. The Balaban J connectivity index is -0.000000173. The number of primary amides is 1. The fourth-order valence-electron chi connectivity index (χ4n) is 0.482. The maximum Gasteiger partial charge on any atom is 2.00 e. The molecule has 0 radical (unpaired) electrons. The summed E-state index contributed by atoms with van der Waals surface area (Å²) in [5.74, 6) is 0. The molecule has 4 nitrogen and oxygen atoms in total. The first-order valence-electron chi connectivity index (χ1n) is 3.38. The van der Waals surface area contributed by atoms with Crippen LogP contribution in [-0.2, 0) is 19.5 Å². The zero-order valence-corrected chi connectivity index (χ0v) is 14.2. The van der Waals surface area contributed by atoms with E-state index < -0.39 is 4.81 Å². The number of nitrogens with two attached hydrogens (primary N) is 1. The Kier molecular flexibility index (Phi) is 18.6. The van der Waals surface area contributed by atoms with Crippen LogP contribution in [0.2, 0.25) is 0 Å². The second kappa shape index (κ2) is 12.6. The molecule has 0 aliphatic carbocycles. The smallest absolute Gasteiger partial charge is 2.00 e. The summed E-state index contributed by atoms with van der Waals surface area (Å²) < 4.78 is 0. The van der Waals surface area contributed by atoms with Gasteiger partial charge in [-0.1, -0.05) is 0 Å². The minimum atomic E-state index is -0.458. The maximum atomic E-state index is 10.5. The maximum absolute atomic E-state index is 10.5. The zero-order valence-electron chi connectivity index (χ0n) is 7.78. The van der Waals surface area contributed by atoms with Crippen LogP contribution in [0.5, 0.6) is 0 Å². The number of hydrogen-bond acceptors (Lipinski definition) is 2. The Morgan fingerprint density at radius 3 is 1.46 bits per heavy atom. The van der Waals surface area contributed by atoms with Crippen molar-refractivity contribution in [1.29, 1.82) is 0 Å². The van der Waals surface area contributed by atoms with E-state index in [1.54, 1.807) is 4.90 Å². The summed E-state index contributed by atoms with van der Waals surface area (Å²) in [5.41, 5.74) is 4.42. The van der Waals surface area contributed by atoms with E-state index in [9.17, 15) is 4.79 Å². The first-order valence-corrected chi connectivity index (χ1v) is 5.09. The van der Waals surface area contributed by atoms with Crippen molar-refractivity contribution in [2.45, 2.75) is 13.8 Å². The fourth-order valence-corrected chi connectivity index (χ4v) is 1.02. The quantitative estimate of drug-likeness (QED) is 0.690. The predicted octanol–water partition coefficient (Wildman–Crippen LogP) is -0.152. The van der Waals surface area contributed by atoms with Crippen LogP contribution < -0.4 is 5.73 Å². The van der Waals surface area contributed by atoms with Gasteiger partial charge in [-0.3, -0.25) is 0 Å². The molecule has 0 saturated carbocycles. The van der Waals surface area contributed by atoms with Crippen molar-refractivity contribution < 1.29 is 29.1 Å². The summed E-state index contributed by atoms with van der Waals surface area (Å²) in [6, 6.07) is 0. The van der Waals surface area contributed by atoms with Gasteiger partial charge in [0, 0.05) is 0 Å². The van der Waals surface area contributed by atoms with Crippen LogP contribution in [0, 0.1) is 0 Å². The molecule has 0 aromatic rings. The van der Waals surface area contributed by atoms with Gasteiger partial charge in [0.05, 0.1) is 0 Å². The van der Waals surface area contributed by atoms with Crippen LogP contribution in [0.1, 0.15) is 13.8 Å². The number of carbonyl (C=O) groups excluding carboxylic acids is 2. The molecule has 72 valence electrons. The molecule has 7 heteroatoms. The van der Waals surface area contributed by atoms with E-state index in [-0.39, 0.29) is 24.3 Å². The minimum absolute atomic E-state index is 0. The Labute approximate surface area is 108 Å². The van der Waals surface area contributed by atoms with E-state index in [0.717, 1.165) is 13.1 Å². The van der Waals surface area contributed by atoms with Crippen molar-refractivity contribution in [2.24, 2.45) is 5.73 Å². The molecule has 0 aliphatic rings. The number of hydrogen-bond donors (Lipinski definition) is 1. The van der Waals surface area contributed by atoms with Crippen molar-refractivity contribution in [2.75, 3.05) is 13.1 Å². The van der Waals surface area contributed by atoms with Crippen LogP contribution in [0.15, 0.2) is 0 Å². The molecular weight excluding hydrogens is 355 g/mol. The predicted molar refractivity (Wildman–Crippen MR) is 49.4 cm³/mol. The van der Waals surface area contributed by atoms with E-state index in [0.29, 0.717) is 0 Å². The molecule has 0 heterocycles. The van der Waals surface area contributed by atoms with Crippen molar-refractivity contribution in [3.05, 3.63) is 0 Å². The average molecular weight is 367 g/mol. The first-order chi connectivity index (χ1) is 5.45. The van der Waals surface area contributed by atoms with Gasteiger partial charge in [-0.05, 0) is 0 Å². The second-order valence-corrected chi connectivity index (χ2v) is 3.33. The molecule has 0 bridgehead atoms. The monoisotopic (exact) mass is 368 g/mol. The van der Waals surface area contributed by atoms with Crippen LogP contribution in [0.25, 0.3) is 0 Å². The SMILES string of the molecule is CCN(CC)C(=O)[Se-].NC(=O)[Se-].[Zn+2]. The first kappa shape index (κ1) is 19.2. The van der Waals surface area contributed by atoms with Gasteiger partial charge in [0.25, 0.3) is 0 Å². The zero-order chi connectivity index (χ0) is 10.1. The van der Waals surface area contributed by atoms with Crippen molar-refractivity contribution in [3.63, 3.8) is 0 Å². The van der Waals surface area contributed by atoms with Gasteiger partial charge in [0.15, 0.2) is 0 Å². The van der Waals surface area contributed by atoms with Crippen LogP contribution in [-0.4, -0.2) is 59.6 Å². The Morgan fingerprint density at radius 1 is 1.23 bits per heavy atom. The largest absolute Gasteiger partial charge is 2.00 e. The third kappa shape index (κ3) is 19.1. The molecule has 0 atom stereocenters. The molecule has 0 aliphatic heterocycles. The Hall–Kier alpha value is 0.602. The minimum Gasteiger partial charge on any atom is 2.00 e. The van der Waals surface area contributed by atoms with E-state index in [2.05, 4.69) is 21.7 Å². The standard InChI is InChI=1S/C5H11NOSe.CH3NOSe.Zn/c1-3-6(4-2)5(7)8;2-1(3)4;/h3-4H2,1-2H3,(H,7,8);(H3,2,3,4);/q;;+2/p-2. The summed E-state index contributed by atoms with van der Waals surface area (Å²) >= 11 is 4.47. The number of rotatable bonds is 2. The molecule has 2 amide bonds. The fraction of sp³-hybridized carbons (Fsp3) is 0.667. The van der Waals surface area contributed by atoms with Crippen LogP contribution in [0.3, 0.4) is 0 Å². The molecular formula is C6H12N2O2Se2Zn. The Bertz CT molecular complexity index is 150. The van der Waals surface area contributed by atoms with Crippen molar-refractivity contribution in [3.8, 4) is 0 Å². The molecule has 13 heavy (non-hydrogen) atoms. The van der Waals surface area contributed by atoms with Crippen LogP contribution in [0.4, 0.5) is 9.59 Å². The van der Waals surface area contributed by atoms with Gasteiger partial charge in [-0.25, -0.2) is 0 Å². The molecule has 2 N–H and O–H groups in total.